The molecule has 1 aliphatic rings. The van der Waals surface area contributed by atoms with E-state index in [1.54, 1.807) is 24.3 Å². The van der Waals surface area contributed by atoms with Crippen molar-refractivity contribution in [1.82, 2.24) is 0 Å². The smallest absolute Gasteiger partial charge is 0.523 e. The van der Waals surface area contributed by atoms with Crippen molar-refractivity contribution in [2.75, 3.05) is 0 Å². The molecule has 5 nitrogen and oxygen atoms in total. The summed E-state index contributed by atoms with van der Waals surface area (Å²) >= 11 is 0. The van der Waals surface area contributed by atoms with E-state index in [2.05, 4.69) is 6.92 Å². The second kappa shape index (κ2) is 6.20. The van der Waals surface area contributed by atoms with Gasteiger partial charge in [0, 0.05) is 12.4 Å². The lowest BCUT2D eigenvalue weighted by molar-refractivity contribution is 0.475. The van der Waals surface area contributed by atoms with Gasteiger partial charge in [-0.15, -0.1) is 0 Å². The Morgan fingerprint density at radius 1 is 1.08 bits per heavy atom. The van der Waals surface area contributed by atoms with Gasteiger partial charge in [-0.2, -0.15) is 0 Å². The van der Waals surface area contributed by atoms with Crippen LogP contribution in [0.5, 0.6) is 17.2 Å². The Morgan fingerprint density at radius 2 is 1.80 bits per heavy atom. The van der Waals surface area contributed by atoms with Gasteiger partial charge in [0.2, 0.25) is 5.43 Å². The zero-order valence-corrected chi connectivity index (χ0v) is 13.8. The monoisotopic (exact) mass is 336 g/mol. The third kappa shape index (κ3) is 2.84. The van der Waals surface area contributed by atoms with Gasteiger partial charge >= 0.3 is 7.12 Å². The fourth-order valence-electron chi connectivity index (χ4n) is 2.96. The molecule has 2 aromatic carbocycles. The number of rotatable bonds is 4. The van der Waals surface area contributed by atoms with Crippen LogP contribution in [0.15, 0.2) is 51.9 Å². The number of hydrogen-bond acceptors (Lipinski definition) is 5. The minimum Gasteiger partial charge on any atom is -0.523 e. The summed E-state index contributed by atoms with van der Waals surface area (Å²) in [6.07, 6.45) is 4.33. The van der Waals surface area contributed by atoms with Crippen LogP contribution >= 0.6 is 0 Å². The fourth-order valence-corrected chi connectivity index (χ4v) is 2.96. The molecule has 2 heterocycles. The van der Waals surface area contributed by atoms with Crippen molar-refractivity contribution in [2.45, 2.75) is 26.1 Å². The molecule has 126 valence electrons. The first-order valence-corrected chi connectivity index (χ1v) is 8.38. The van der Waals surface area contributed by atoms with E-state index >= 15 is 0 Å². The van der Waals surface area contributed by atoms with E-state index in [-0.39, 0.29) is 18.3 Å². The van der Waals surface area contributed by atoms with Gasteiger partial charge < -0.3 is 18.8 Å². The first-order valence-electron chi connectivity index (χ1n) is 8.38. The third-order valence-electron chi connectivity index (χ3n) is 4.33. The van der Waals surface area contributed by atoms with Crippen LogP contribution in [0.2, 0.25) is 6.32 Å². The highest BCUT2D eigenvalue weighted by Gasteiger charge is 2.32. The standard InChI is InChI=1S/C19H17BO5/c1-2-3-8-20-24-17-9-14-16(10-18(17)25-20)23-11-15(19(14)22)12-4-6-13(21)7-5-12/h4-7,9-11,21H,2-3,8H2,1H3. The second-order valence-electron chi connectivity index (χ2n) is 6.13. The molecule has 0 spiro atoms. The zero-order chi connectivity index (χ0) is 17.4. The molecule has 1 aliphatic heterocycles. The molecule has 0 amide bonds. The molecule has 0 radical (unpaired) electrons. The summed E-state index contributed by atoms with van der Waals surface area (Å²) in [6, 6.07) is 9.83. The van der Waals surface area contributed by atoms with Gasteiger partial charge in [0.1, 0.15) is 29.1 Å². The molecule has 25 heavy (non-hydrogen) atoms. The van der Waals surface area contributed by atoms with Gasteiger partial charge in [0.15, 0.2) is 0 Å². The molecule has 4 rings (SSSR count). The number of unbranched alkanes of at least 4 members (excludes halogenated alkanes) is 1. The molecule has 0 aliphatic carbocycles. The summed E-state index contributed by atoms with van der Waals surface area (Å²) in [5.41, 5.74) is 1.45. The maximum Gasteiger partial charge on any atom is 0.594 e. The number of fused-ring (bicyclic) bond motifs is 2. The first kappa shape index (κ1) is 15.6. The molecule has 0 atom stereocenters. The highest BCUT2D eigenvalue weighted by molar-refractivity contribution is 6.47. The Hall–Kier alpha value is -2.89. The number of aromatic hydroxyl groups is 1. The van der Waals surface area contributed by atoms with Gasteiger partial charge in [0.25, 0.3) is 0 Å². The van der Waals surface area contributed by atoms with Crippen LogP contribution in [-0.4, -0.2) is 12.2 Å². The minimum atomic E-state index is -0.307. The van der Waals surface area contributed by atoms with Crippen LogP contribution in [0.4, 0.5) is 0 Å². The molecule has 0 saturated heterocycles. The van der Waals surface area contributed by atoms with E-state index in [4.69, 9.17) is 13.7 Å². The van der Waals surface area contributed by atoms with E-state index in [1.807, 2.05) is 0 Å². The third-order valence-corrected chi connectivity index (χ3v) is 4.33. The lowest BCUT2D eigenvalue weighted by atomic mass is 9.83. The predicted molar refractivity (Wildman–Crippen MR) is 96.3 cm³/mol. The van der Waals surface area contributed by atoms with Gasteiger partial charge in [-0.1, -0.05) is 31.9 Å². The van der Waals surface area contributed by atoms with Crippen molar-refractivity contribution < 1.29 is 18.8 Å². The Morgan fingerprint density at radius 3 is 2.52 bits per heavy atom. The van der Waals surface area contributed by atoms with Crippen molar-refractivity contribution in [1.29, 1.82) is 0 Å². The number of phenols is 1. The van der Waals surface area contributed by atoms with Gasteiger partial charge in [0.05, 0.1) is 10.9 Å². The van der Waals surface area contributed by atoms with Gasteiger partial charge in [-0.05, 0) is 23.8 Å². The molecular formula is C19H17BO5. The minimum absolute atomic E-state index is 0.143. The summed E-state index contributed by atoms with van der Waals surface area (Å²) < 4.78 is 17.2. The summed E-state index contributed by atoms with van der Waals surface area (Å²) in [5, 5.41) is 9.85. The summed E-state index contributed by atoms with van der Waals surface area (Å²) in [4.78, 5) is 12.8. The largest absolute Gasteiger partial charge is 0.594 e. The van der Waals surface area contributed by atoms with E-state index in [0.717, 1.165) is 19.2 Å². The van der Waals surface area contributed by atoms with Crippen LogP contribution in [0.3, 0.4) is 0 Å². The Kier molecular flexibility index (Phi) is 3.88. The molecule has 0 fully saturated rings. The SMILES string of the molecule is CCCCB1Oc2cc3occ(-c4ccc(O)cc4)c(=O)c3cc2O1. The predicted octanol–water partition coefficient (Wildman–Crippen LogP) is 4.23. The molecule has 6 heteroatoms. The van der Waals surface area contributed by atoms with E-state index in [0.29, 0.717) is 33.6 Å². The average molecular weight is 336 g/mol. The van der Waals surface area contributed by atoms with E-state index in [9.17, 15) is 9.90 Å². The van der Waals surface area contributed by atoms with Crippen molar-refractivity contribution in [2.24, 2.45) is 0 Å². The normalized spacial score (nSPS) is 12.8. The van der Waals surface area contributed by atoms with Gasteiger partial charge in [-0.25, -0.2) is 0 Å². The maximum atomic E-state index is 12.8. The summed E-state index contributed by atoms with van der Waals surface area (Å²) in [6.45, 7) is 2.11. The molecule has 0 saturated carbocycles. The summed E-state index contributed by atoms with van der Waals surface area (Å²) in [7, 11) is -0.307. The lowest BCUT2D eigenvalue weighted by Crippen LogP contribution is -2.23. The van der Waals surface area contributed by atoms with Crippen molar-refractivity contribution >= 4 is 18.1 Å². The van der Waals surface area contributed by atoms with Crippen LogP contribution in [-0.2, 0) is 0 Å². The summed E-state index contributed by atoms with van der Waals surface area (Å²) in [5.74, 6) is 1.33. The van der Waals surface area contributed by atoms with Crippen LogP contribution in [0, 0.1) is 0 Å². The van der Waals surface area contributed by atoms with Crippen LogP contribution in [0.1, 0.15) is 19.8 Å². The number of phenolic OH excluding ortho intramolecular Hbond substituents is 1. The Balaban J connectivity index is 1.75. The maximum absolute atomic E-state index is 12.8. The Bertz CT molecular complexity index is 978. The fraction of sp³-hybridized carbons (Fsp3) is 0.211. The molecule has 0 unspecified atom stereocenters. The van der Waals surface area contributed by atoms with Gasteiger partial charge in [-0.3, -0.25) is 4.79 Å². The molecule has 0 bridgehead atoms. The van der Waals surface area contributed by atoms with Crippen molar-refractivity contribution in [3.8, 4) is 28.4 Å². The quantitative estimate of drug-likeness (QED) is 0.722. The van der Waals surface area contributed by atoms with Crippen LogP contribution < -0.4 is 14.7 Å². The zero-order valence-electron chi connectivity index (χ0n) is 13.8. The molecular weight excluding hydrogens is 319 g/mol. The molecule has 3 aromatic rings. The topological polar surface area (TPSA) is 68.9 Å². The number of benzene rings is 2. The lowest BCUT2D eigenvalue weighted by Gasteiger charge is -2.04. The molecule has 1 aromatic heterocycles. The van der Waals surface area contributed by atoms with E-state index < -0.39 is 0 Å². The molecule has 1 N–H and O–H groups in total. The van der Waals surface area contributed by atoms with Crippen molar-refractivity contribution in [3.63, 3.8) is 0 Å². The highest BCUT2D eigenvalue weighted by Crippen LogP contribution is 2.38. The first-order chi connectivity index (χ1) is 12.2. The second-order valence-corrected chi connectivity index (χ2v) is 6.13. The van der Waals surface area contributed by atoms with Crippen molar-refractivity contribution in [3.05, 3.63) is 52.9 Å². The average Bonchev–Trinajstić information content (AvgIpc) is 3.01. The number of hydrogen-bond donors (Lipinski definition) is 1. The highest BCUT2D eigenvalue weighted by atomic mass is 16.6. The Labute approximate surface area is 145 Å². The van der Waals surface area contributed by atoms with E-state index in [1.165, 1.54) is 18.4 Å². The van der Waals surface area contributed by atoms with Crippen LogP contribution in [0.25, 0.3) is 22.1 Å².